The molecule has 6 aromatic rings. The summed E-state index contributed by atoms with van der Waals surface area (Å²) in [5.74, 6) is -0.0842. The van der Waals surface area contributed by atoms with E-state index in [0.717, 1.165) is 11.1 Å². The average Bonchev–Trinajstić information content (AvgIpc) is 3.77. The Morgan fingerprint density at radius 2 is 1.83 bits per heavy atom. The fraction of sp³-hybridized carbons (Fsp3) is 0.0909. The van der Waals surface area contributed by atoms with Gasteiger partial charge in [0.15, 0.2) is 14.2 Å². The number of hydrogen-bond donors (Lipinski definition) is 0. The standard InChI is InChI=1S/C33H22N4O6S3/c1-2-42-31(39)27-28(19-9-5-3-6-10-19)35-32-36(29(27)20-11-7-4-8-12-20)30(38)25(44-32)18-22-14-16-26(43-22)46-33-34-23-15-13-21(37(40)41)17-24(23)45-33/h3-18,29H,2H2,1H3/b25-18-/t29-/m1/s1. The van der Waals surface area contributed by atoms with Crippen molar-refractivity contribution < 1.29 is 18.9 Å². The number of benzene rings is 3. The summed E-state index contributed by atoms with van der Waals surface area (Å²) in [6.45, 7) is 1.92. The van der Waals surface area contributed by atoms with Crippen LogP contribution in [0.5, 0.6) is 0 Å². The molecule has 1 aliphatic rings. The van der Waals surface area contributed by atoms with Crippen molar-refractivity contribution in [1.82, 2.24) is 9.55 Å². The van der Waals surface area contributed by atoms with Gasteiger partial charge in [-0.2, -0.15) is 0 Å². The lowest BCUT2D eigenvalue weighted by atomic mass is 9.93. The van der Waals surface area contributed by atoms with Crippen LogP contribution in [0, 0.1) is 10.1 Å². The number of aromatic nitrogens is 2. The van der Waals surface area contributed by atoms with Gasteiger partial charge in [-0.25, -0.2) is 14.8 Å². The Labute approximate surface area is 272 Å². The quantitative estimate of drug-likeness (QED) is 0.107. The van der Waals surface area contributed by atoms with Crippen LogP contribution in [0.3, 0.4) is 0 Å². The second kappa shape index (κ2) is 12.4. The molecule has 3 aromatic carbocycles. The molecule has 0 aliphatic carbocycles. The van der Waals surface area contributed by atoms with E-state index in [1.807, 2.05) is 60.7 Å². The summed E-state index contributed by atoms with van der Waals surface area (Å²) >= 11 is 3.83. The molecule has 0 bridgehead atoms. The zero-order chi connectivity index (χ0) is 31.8. The number of non-ortho nitro benzene ring substituents is 1. The second-order valence-corrected chi connectivity index (χ2v) is 13.3. The van der Waals surface area contributed by atoms with Crippen molar-refractivity contribution in [2.45, 2.75) is 22.4 Å². The monoisotopic (exact) mass is 666 g/mol. The topological polar surface area (TPSA) is 130 Å². The highest BCUT2D eigenvalue weighted by Crippen LogP contribution is 2.37. The third-order valence-corrected chi connectivity index (χ3v) is 10.1. The lowest BCUT2D eigenvalue weighted by molar-refractivity contribution is -0.384. The van der Waals surface area contributed by atoms with Crippen LogP contribution >= 0.6 is 34.4 Å². The molecule has 13 heteroatoms. The van der Waals surface area contributed by atoms with Crippen LogP contribution in [0.15, 0.2) is 120 Å². The molecule has 1 atom stereocenters. The molecule has 228 valence electrons. The summed E-state index contributed by atoms with van der Waals surface area (Å²) in [6, 6.07) is 26.1. The molecule has 0 amide bonds. The van der Waals surface area contributed by atoms with Crippen molar-refractivity contribution in [2.24, 2.45) is 4.99 Å². The van der Waals surface area contributed by atoms with E-state index < -0.39 is 16.9 Å². The Morgan fingerprint density at radius 1 is 1.07 bits per heavy atom. The number of carbonyl (C=O) groups excluding carboxylic acids is 1. The lowest BCUT2D eigenvalue weighted by Crippen LogP contribution is -2.39. The molecular weight excluding hydrogens is 645 g/mol. The van der Waals surface area contributed by atoms with E-state index in [1.54, 1.807) is 35.8 Å². The van der Waals surface area contributed by atoms with E-state index in [2.05, 4.69) is 4.98 Å². The number of carbonyl (C=O) groups is 1. The number of thiazole rings is 2. The number of nitrogens with zero attached hydrogens (tertiary/aromatic N) is 4. The van der Waals surface area contributed by atoms with Crippen LogP contribution < -0.4 is 14.9 Å². The summed E-state index contributed by atoms with van der Waals surface area (Å²) in [4.78, 5) is 48.1. The smallest absolute Gasteiger partial charge is 0.338 e. The zero-order valence-electron chi connectivity index (χ0n) is 24.0. The third-order valence-electron chi connectivity index (χ3n) is 7.12. The van der Waals surface area contributed by atoms with Gasteiger partial charge in [-0.05, 0) is 42.4 Å². The minimum atomic E-state index is -0.758. The van der Waals surface area contributed by atoms with Crippen molar-refractivity contribution in [3.8, 4) is 0 Å². The molecule has 3 aromatic heterocycles. The summed E-state index contributed by atoms with van der Waals surface area (Å²) < 4.78 is 14.8. The fourth-order valence-corrected chi connectivity index (χ4v) is 8.11. The van der Waals surface area contributed by atoms with Crippen LogP contribution in [-0.2, 0) is 9.53 Å². The first kappa shape index (κ1) is 29.6. The van der Waals surface area contributed by atoms with Gasteiger partial charge in [0.25, 0.3) is 11.2 Å². The van der Waals surface area contributed by atoms with Gasteiger partial charge in [0.2, 0.25) is 0 Å². The van der Waals surface area contributed by atoms with E-state index >= 15 is 0 Å². The van der Waals surface area contributed by atoms with Gasteiger partial charge in [-0.15, -0.1) is 11.3 Å². The molecule has 4 heterocycles. The Morgan fingerprint density at radius 3 is 2.57 bits per heavy atom. The summed E-state index contributed by atoms with van der Waals surface area (Å²) in [6.07, 6.45) is 1.66. The predicted molar refractivity (Wildman–Crippen MR) is 177 cm³/mol. The first-order chi connectivity index (χ1) is 22.4. The van der Waals surface area contributed by atoms with Crippen molar-refractivity contribution >= 4 is 68.1 Å². The zero-order valence-corrected chi connectivity index (χ0v) is 26.4. The molecule has 0 fully saturated rings. The number of esters is 1. The molecule has 0 spiro atoms. The van der Waals surface area contributed by atoms with E-state index in [9.17, 15) is 19.7 Å². The maximum absolute atomic E-state index is 14.0. The lowest BCUT2D eigenvalue weighted by Gasteiger charge is -2.25. The predicted octanol–water partition coefficient (Wildman–Crippen LogP) is 6.20. The normalized spacial score (nSPS) is 14.7. The number of fused-ring (bicyclic) bond motifs is 2. The largest absolute Gasteiger partial charge is 0.463 e. The number of rotatable bonds is 8. The van der Waals surface area contributed by atoms with Gasteiger partial charge in [0.05, 0.1) is 43.6 Å². The molecule has 0 unspecified atom stereocenters. The number of furan rings is 1. The fourth-order valence-electron chi connectivity index (χ4n) is 5.12. The molecular formula is C33H22N4O6S3. The van der Waals surface area contributed by atoms with Gasteiger partial charge in [0.1, 0.15) is 5.76 Å². The minimum Gasteiger partial charge on any atom is -0.463 e. The van der Waals surface area contributed by atoms with Gasteiger partial charge in [0, 0.05) is 23.8 Å². The van der Waals surface area contributed by atoms with E-state index in [-0.39, 0.29) is 23.4 Å². The van der Waals surface area contributed by atoms with Gasteiger partial charge >= 0.3 is 5.97 Å². The number of hydrogen-bond acceptors (Lipinski definition) is 11. The van der Waals surface area contributed by atoms with Gasteiger partial charge in [-0.1, -0.05) is 72.0 Å². The Kier molecular flexibility index (Phi) is 7.95. The van der Waals surface area contributed by atoms with Gasteiger partial charge < -0.3 is 9.15 Å². The first-order valence-corrected chi connectivity index (χ1v) is 16.5. The number of ether oxygens (including phenoxy) is 1. The van der Waals surface area contributed by atoms with Crippen LogP contribution in [0.1, 0.15) is 29.9 Å². The molecule has 0 N–H and O–H groups in total. The molecule has 0 radical (unpaired) electrons. The second-order valence-electron chi connectivity index (χ2n) is 9.99. The van der Waals surface area contributed by atoms with Crippen LogP contribution in [0.2, 0.25) is 0 Å². The minimum absolute atomic E-state index is 0.00854. The average molecular weight is 667 g/mol. The summed E-state index contributed by atoms with van der Waals surface area (Å²) in [7, 11) is 0. The molecule has 1 aliphatic heterocycles. The van der Waals surface area contributed by atoms with E-state index in [0.29, 0.717) is 40.4 Å². The number of nitro groups is 1. The highest BCUT2D eigenvalue weighted by atomic mass is 32.2. The summed E-state index contributed by atoms with van der Waals surface area (Å²) in [5, 5.41) is 11.7. The first-order valence-electron chi connectivity index (χ1n) is 14.1. The Balaban J connectivity index is 1.30. The van der Waals surface area contributed by atoms with Crippen LogP contribution in [-0.4, -0.2) is 27.1 Å². The molecule has 0 saturated heterocycles. The van der Waals surface area contributed by atoms with Gasteiger partial charge in [-0.3, -0.25) is 19.5 Å². The van der Waals surface area contributed by atoms with Crippen molar-refractivity contribution in [2.75, 3.05) is 6.61 Å². The van der Waals surface area contributed by atoms with E-state index in [1.165, 1.54) is 46.6 Å². The van der Waals surface area contributed by atoms with Crippen molar-refractivity contribution in [1.29, 1.82) is 0 Å². The van der Waals surface area contributed by atoms with Crippen LogP contribution in [0.25, 0.3) is 22.0 Å². The summed E-state index contributed by atoms with van der Waals surface area (Å²) in [5.41, 5.74) is 2.59. The molecule has 10 nitrogen and oxygen atoms in total. The molecule has 46 heavy (non-hydrogen) atoms. The van der Waals surface area contributed by atoms with Crippen molar-refractivity contribution in [3.63, 3.8) is 0 Å². The Hall–Kier alpha value is -5.11. The third kappa shape index (κ3) is 5.60. The SMILES string of the molecule is CCOC(=O)C1=C(c2ccccc2)N=c2s/c(=C\c3ccc(Sc4nc5ccc([N+](=O)[O-])cc5s4)o3)c(=O)n2[C@@H]1c1ccccc1. The maximum Gasteiger partial charge on any atom is 0.338 e. The molecule has 7 rings (SSSR count). The highest BCUT2D eigenvalue weighted by molar-refractivity contribution is 8.01. The Bertz CT molecular complexity index is 2340. The molecule has 0 saturated carbocycles. The van der Waals surface area contributed by atoms with Crippen molar-refractivity contribution in [3.05, 3.63) is 143 Å². The maximum atomic E-state index is 14.0. The highest BCUT2D eigenvalue weighted by Gasteiger charge is 2.35. The number of nitro benzene ring substituents is 1. The van der Waals surface area contributed by atoms with E-state index in [4.69, 9.17) is 14.1 Å². The van der Waals surface area contributed by atoms with Crippen LogP contribution in [0.4, 0.5) is 5.69 Å².